The molecule has 2 rings (SSSR count). The van der Waals surface area contributed by atoms with Crippen LogP contribution in [0.3, 0.4) is 0 Å². The lowest BCUT2D eigenvalue weighted by atomic mass is 10.1. The molecule has 1 aromatic heterocycles. The van der Waals surface area contributed by atoms with E-state index in [4.69, 9.17) is 17.3 Å². The monoisotopic (exact) mass is 223 g/mol. The zero-order valence-corrected chi connectivity index (χ0v) is 8.37. The normalized spacial score (nSPS) is 10.3. The smallest absolute Gasteiger partial charge is 0.125 e. The molecule has 0 aliphatic carbocycles. The van der Waals surface area contributed by atoms with Gasteiger partial charge >= 0.3 is 0 Å². The maximum atomic E-state index is 13.1. The summed E-state index contributed by atoms with van der Waals surface area (Å²) in [5.74, 6) is -0.437. The Balaban J connectivity index is 2.63. The van der Waals surface area contributed by atoms with Gasteiger partial charge in [-0.05, 0) is 12.1 Å². The van der Waals surface area contributed by atoms with Gasteiger partial charge in [0.2, 0.25) is 0 Å². The van der Waals surface area contributed by atoms with Crippen molar-refractivity contribution in [2.24, 2.45) is 0 Å². The van der Waals surface area contributed by atoms with Gasteiger partial charge in [0.15, 0.2) is 0 Å². The van der Waals surface area contributed by atoms with Crippen LogP contribution in [0.25, 0.3) is 11.1 Å². The van der Waals surface area contributed by atoms with Crippen molar-refractivity contribution in [1.29, 1.82) is 0 Å². The Bertz CT molecular complexity index is 488. The lowest BCUT2D eigenvalue weighted by molar-refractivity contribution is 0.628. The minimum atomic E-state index is -0.437. The van der Waals surface area contributed by atoms with Crippen molar-refractivity contribution < 1.29 is 4.39 Å². The van der Waals surface area contributed by atoms with Gasteiger partial charge in [0.1, 0.15) is 12.1 Å². The average molecular weight is 224 g/mol. The molecule has 0 bridgehead atoms. The van der Waals surface area contributed by atoms with E-state index in [1.54, 1.807) is 12.4 Å². The van der Waals surface area contributed by atoms with E-state index in [2.05, 4.69) is 9.97 Å². The van der Waals surface area contributed by atoms with E-state index in [0.717, 1.165) is 0 Å². The molecule has 1 aromatic carbocycles. The molecule has 0 radical (unpaired) electrons. The summed E-state index contributed by atoms with van der Waals surface area (Å²) in [6.07, 6.45) is 4.49. The van der Waals surface area contributed by atoms with Crippen LogP contribution in [0.2, 0.25) is 5.02 Å². The first-order chi connectivity index (χ1) is 7.18. The van der Waals surface area contributed by atoms with Gasteiger partial charge in [-0.15, -0.1) is 0 Å². The maximum absolute atomic E-state index is 13.1. The number of anilines is 1. The molecule has 0 atom stereocenters. The Kier molecular flexibility index (Phi) is 2.51. The van der Waals surface area contributed by atoms with Crippen molar-refractivity contribution in [3.05, 3.63) is 41.7 Å². The minimum absolute atomic E-state index is 0.189. The van der Waals surface area contributed by atoms with Crippen molar-refractivity contribution in [2.45, 2.75) is 0 Å². The molecule has 0 aliphatic rings. The van der Waals surface area contributed by atoms with Crippen LogP contribution in [0.5, 0.6) is 0 Å². The number of rotatable bonds is 1. The van der Waals surface area contributed by atoms with E-state index in [0.29, 0.717) is 16.8 Å². The first kappa shape index (κ1) is 9.86. The standard InChI is InChI=1S/C10H7ClFN3/c11-9-2-7(12)1-8(10(9)13)6-3-14-5-15-4-6/h1-5H,13H2. The van der Waals surface area contributed by atoms with Crippen LogP contribution < -0.4 is 5.73 Å². The molecular weight excluding hydrogens is 217 g/mol. The highest BCUT2D eigenvalue weighted by Gasteiger charge is 2.08. The van der Waals surface area contributed by atoms with Crippen LogP contribution in [0.1, 0.15) is 0 Å². The van der Waals surface area contributed by atoms with Gasteiger partial charge in [-0.1, -0.05) is 11.6 Å². The van der Waals surface area contributed by atoms with Gasteiger partial charge in [-0.25, -0.2) is 14.4 Å². The van der Waals surface area contributed by atoms with Crippen LogP contribution in [0.15, 0.2) is 30.9 Å². The molecule has 0 saturated carbocycles. The molecule has 0 fully saturated rings. The number of nitrogens with two attached hydrogens (primary N) is 1. The number of halogens is 2. The van der Waals surface area contributed by atoms with Crippen molar-refractivity contribution in [3.63, 3.8) is 0 Å². The van der Waals surface area contributed by atoms with Crippen LogP contribution in [-0.2, 0) is 0 Å². The SMILES string of the molecule is Nc1c(Cl)cc(F)cc1-c1cncnc1. The largest absolute Gasteiger partial charge is 0.397 e. The van der Waals surface area contributed by atoms with Crippen molar-refractivity contribution in [2.75, 3.05) is 5.73 Å². The highest BCUT2D eigenvalue weighted by molar-refractivity contribution is 6.33. The molecule has 0 amide bonds. The van der Waals surface area contributed by atoms with Crippen LogP contribution >= 0.6 is 11.6 Å². The molecule has 3 nitrogen and oxygen atoms in total. The van der Waals surface area contributed by atoms with E-state index >= 15 is 0 Å². The molecule has 2 N–H and O–H groups in total. The van der Waals surface area contributed by atoms with Gasteiger partial charge in [0.05, 0.1) is 10.7 Å². The maximum Gasteiger partial charge on any atom is 0.125 e. The molecule has 76 valence electrons. The zero-order valence-electron chi connectivity index (χ0n) is 7.61. The Morgan fingerprint density at radius 3 is 2.53 bits per heavy atom. The third kappa shape index (κ3) is 1.89. The minimum Gasteiger partial charge on any atom is -0.397 e. The predicted octanol–water partition coefficient (Wildman–Crippen LogP) is 2.52. The summed E-state index contributed by atoms with van der Waals surface area (Å²) in [6, 6.07) is 2.48. The molecule has 2 aromatic rings. The third-order valence-corrected chi connectivity index (χ3v) is 2.28. The van der Waals surface area contributed by atoms with Crippen molar-refractivity contribution in [1.82, 2.24) is 9.97 Å². The number of hydrogen-bond donors (Lipinski definition) is 1. The fraction of sp³-hybridized carbons (Fsp3) is 0. The Morgan fingerprint density at radius 2 is 1.87 bits per heavy atom. The molecule has 1 heterocycles. The second-order valence-electron chi connectivity index (χ2n) is 2.98. The quantitative estimate of drug-likeness (QED) is 0.756. The van der Waals surface area contributed by atoms with Crippen LogP contribution in [-0.4, -0.2) is 9.97 Å². The van der Waals surface area contributed by atoms with E-state index in [-0.39, 0.29) is 5.02 Å². The van der Waals surface area contributed by atoms with Crippen LogP contribution in [0, 0.1) is 5.82 Å². The molecular formula is C10H7ClFN3. The molecule has 0 aliphatic heterocycles. The first-order valence-electron chi connectivity index (χ1n) is 4.18. The number of nitrogen functional groups attached to an aromatic ring is 1. The second-order valence-corrected chi connectivity index (χ2v) is 3.38. The average Bonchev–Trinajstić information content (AvgIpc) is 2.24. The topological polar surface area (TPSA) is 51.8 Å². The lowest BCUT2D eigenvalue weighted by Crippen LogP contribution is -1.93. The Labute approximate surface area is 90.7 Å². The van der Waals surface area contributed by atoms with E-state index in [1.807, 2.05) is 0 Å². The number of nitrogens with zero attached hydrogens (tertiary/aromatic N) is 2. The zero-order chi connectivity index (χ0) is 10.8. The second kappa shape index (κ2) is 3.82. The Morgan fingerprint density at radius 1 is 1.20 bits per heavy atom. The fourth-order valence-electron chi connectivity index (χ4n) is 1.26. The molecule has 0 unspecified atom stereocenters. The Hall–Kier alpha value is -1.68. The first-order valence-corrected chi connectivity index (χ1v) is 4.56. The van der Waals surface area contributed by atoms with E-state index < -0.39 is 5.82 Å². The summed E-state index contributed by atoms with van der Waals surface area (Å²) >= 11 is 5.76. The number of benzene rings is 1. The summed E-state index contributed by atoms with van der Waals surface area (Å²) in [4.78, 5) is 7.66. The molecule has 5 heteroatoms. The summed E-state index contributed by atoms with van der Waals surface area (Å²) < 4.78 is 13.1. The third-order valence-electron chi connectivity index (χ3n) is 1.97. The van der Waals surface area contributed by atoms with Gasteiger partial charge < -0.3 is 5.73 Å². The van der Waals surface area contributed by atoms with Crippen molar-refractivity contribution >= 4 is 17.3 Å². The molecule has 0 saturated heterocycles. The summed E-state index contributed by atoms with van der Waals surface area (Å²) in [5, 5.41) is 0.189. The van der Waals surface area contributed by atoms with Gasteiger partial charge in [0, 0.05) is 23.5 Å². The van der Waals surface area contributed by atoms with Gasteiger partial charge in [-0.3, -0.25) is 0 Å². The summed E-state index contributed by atoms with van der Waals surface area (Å²) in [6.45, 7) is 0. The van der Waals surface area contributed by atoms with Crippen LogP contribution in [0.4, 0.5) is 10.1 Å². The van der Waals surface area contributed by atoms with Gasteiger partial charge in [-0.2, -0.15) is 0 Å². The lowest BCUT2D eigenvalue weighted by Gasteiger charge is -2.06. The number of hydrogen-bond acceptors (Lipinski definition) is 3. The summed E-state index contributed by atoms with van der Waals surface area (Å²) in [7, 11) is 0. The predicted molar refractivity (Wildman–Crippen MR) is 56.8 cm³/mol. The number of aromatic nitrogens is 2. The van der Waals surface area contributed by atoms with Crippen molar-refractivity contribution in [3.8, 4) is 11.1 Å². The molecule has 15 heavy (non-hydrogen) atoms. The van der Waals surface area contributed by atoms with E-state index in [1.165, 1.54) is 18.5 Å². The van der Waals surface area contributed by atoms with Gasteiger partial charge in [0.25, 0.3) is 0 Å². The summed E-state index contributed by atoms with van der Waals surface area (Å²) in [5.41, 5.74) is 7.19. The fourth-order valence-corrected chi connectivity index (χ4v) is 1.47. The highest BCUT2D eigenvalue weighted by Crippen LogP contribution is 2.31. The van der Waals surface area contributed by atoms with E-state index in [9.17, 15) is 4.39 Å². The molecule has 0 spiro atoms. The highest BCUT2D eigenvalue weighted by atomic mass is 35.5.